The number of hydrogen-bond acceptors (Lipinski definition) is 4. The molecule has 112 valence electrons. The molecule has 1 unspecified atom stereocenters. The smallest absolute Gasteiger partial charge is 0.225 e. The van der Waals surface area contributed by atoms with E-state index < -0.39 is 35.7 Å². The second-order valence-electron chi connectivity index (χ2n) is 4.88. The van der Waals surface area contributed by atoms with Gasteiger partial charge in [-0.2, -0.15) is 0 Å². The minimum atomic E-state index is -4.07. The third-order valence-corrected chi connectivity index (χ3v) is 5.69. The molecule has 0 radical (unpaired) electrons. The summed E-state index contributed by atoms with van der Waals surface area (Å²) in [6.07, 6.45) is 1.88. The van der Waals surface area contributed by atoms with Gasteiger partial charge in [-0.05, 0) is 43.9 Å². The number of hydrogen-bond donors (Lipinski definition) is 2. The number of rotatable bonds is 5. The summed E-state index contributed by atoms with van der Waals surface area (Å²) in [7, 11) is -8.09. The lowest BCUT2D eigenvalue weighted by atomic mass is 10.2. The molecule has 0 bridgehead atoms. The maximum absolute atomic E-state index is 13.8. The average molecular weight is 322 g/mol. The molecule has 1 aliphatic carbocycles. The zero-order valence-corrected chi connectivity index (χ0v) is 12.3. The van der Waals surface area contributed by atoms with Crippen molar-refractivity contribution in [3.63, 3.8) is 0 Å². The SMILES string of the molecule is CC(NS(=O)(=O)c1ccc(S(N)(=O)=O)cc1F)C1CC1. The van der Waals surface area contributed by atoms with Crippen molar-refractivity contribution in [2.75, 3.05) is 0 Å². The number of benzene rings is 1. The second kappa shape index (κ2) is 5.06. The van der Waals surface area contributed by atoms with Crippen molar-refractivity contribution in [3.8, 4) is 0 Å². The summed E-state index contributed by atoms with van der Waals surface area (Å²) in [6, 6.07) is 2.19. The second-order valence-corrected chi connectivity index (χ2v) is 8.13. The zero-order chi connectivity index (χ0) is 15.1. The third-order valence-electron chi connectivity index (χ3n) is 3.19. The molecule has 1 fully saturated rings. The molecule has 1 aromatic carbocycles. The van der Waals surface area contributed by atoms with Gasteiger partial charge in [0.2, 0.25) is 20.0 Å². The largest absolute Gasteiger partial charge is 0.243 e. The van der Waals surface area contributed by atoms with Crippen molar-refractivity contribution in [2.24, 2.45) is 11.1 Å². The van der Waals surface area contributed by atoms with Crippen molar-refractivity contribution >= 4 is 20.0 Å². The summed E-state index contributed by atoms with van der Waals surface area (Å²) in [4.78, 5) is -1.05. The molecule has 3 N–H and O–H groups in total. The highest BCUT2D eigenvalue weighted by Crippen LogP contribution is 2.33. The molecule has 1 aliphatic rings. The van der Waals surface area contributed by atoms with Crippen LogP contribution in [0.15, 0.2) is 28.0 Å². The van der Waals surface area contributed by atoms with Crippen LogP contribution in [0.25, 0.3) is 0 Å². The molecule has 1 saturated carbocycles. The van der Waals surface area contributed by atoms with Gasteiger partial charge in [-0.1, -0.05) is 0 Å². The van der Waals surface area contributed by atoms with Gasteiger partial charge in [0.25, 0.3) is 0 Å². The van der Waals surface area contributed by atoms with Crippen LogP contribution in [0.5, 0.6) is 0 Å². The molecule has 0 aromatic heterocycles. The Morgan fingerprint density at radius 3 is 2.35 bits per heavy atom. The molecule has 2 rings (SSSR count). The predicted octanol–water partition coefficient (Wildman–Crippen LogP) is 0.550. The molecular weight excluding hydrogens is 307 g/mol. The number of halogens is 1. The predicted molar refractivity (Wildman–Crippen MR) is 70.3 cm³/mol. The van der Waals surface area contributed by atoms with E-state index in [1.54, 1.807) is 6.92 Å². The third kappa shape index (κ3) is 3.35. The molecule has 9 heteroatoms. The maximum Gasteiger partial charge on any atom is 0.243 e. The normalized spacial score (nSPS) is 17.9. The number of primary sulfonamides is 1. The monoisotopic (exact) mass is 322 g/mol. The Kier molecular flexibility index (Phi) is 3.89. The molecule has 0 saturated heterocycles. The molecule has 1 aromatic rings. The fourth-order valence-corrected chi connectivity index (χ4v) is 3.77. The van der Waals surface area contributed by atoms with E-state index in [2.05, 4.69) is 4.72 Å². The van der Waals surface area contributed by atoms with E-state index in [0.717, 1.165) is 25.0 Å². The summed E-state index contributed by atoms with van der Waals surface area (Å²) < 4.78 is 62.4. The van der Waals surface area contributed by atoms with Gasteiger partial charge in [0, 0.05) is 6.04 Å². The van der Waals surface area contributed by atoms with Crippen LogP contribution < -0.4 is 9.86 Å². The van der Waals surface area contributed by atoms with Crippen LogP contribution in [0, 0.1) is 11.7 Å². The first-order valence-corrected chi connectivity index (χ1v) is 8.99. The highest BCUT2D eigenvalue weighted by molar-refractivity contribution is 7.89. The summed E-state index contributed by atoms with van der Waals surface area (Å²) in [6.45, 7) is 1.71. The molecule has 1 atom stereocenters. The Labute approximate surface area is 117 Å². The van der Waals surface area contributed by atoms with Crippen molar-refractivity contribution in [1.82, 2.24) is 4.72 Å². The highest BCUT2D eigenvalue weighted by Gasteiger charge is 2.32. The van der Waals surface area contributed by atoms with E-state index >= 15 is 0 Å². The molecule has 0 heterocycles. The minimum Gasteiger partial charge on any atom is -0.225 e. The molecule has 0 aliphatic heterocycles. The van der Waals surface area contributed by atoms with Crippen LogP contribution in [-0.2, 0) is 20.0 Å². The van der Waals surface area contributed by atoms with Crippen LogP contribution in [0.2, 0.25) is 0 Å². The van der Waals surface area contributed by atoms with Crippen molar-refractivity contribution in [3.05, 3.63) is 24.0 Å². The Hall–Kier alpha value is -1.03. The summed E-state index contributed by atoms with van der Waals surface area (Å²) in [5, 5.41) is 4.85. The first-order valence-electron chi connectivity index (χ1n) is 5.96. The topological polar surface area (TPSA) is 106 Å². The Morgan fingerprint density at radius 2 is 1.90 bits per heavy atom. The Bertz CT molecular complexity index is 727. The van der Waals surface area contributed by atoms with E-state index in [-0.39, 0.29) is 12.0 Å². The van der Waals surface area contributed by atoms with Gasteiger partial charge in [0.15, 0.2) is 0 Å². The maximum atomic E-state index is 13.8. The quantitative estimate of drug-likeness (QED) is 0.825. The van der Waals surface area contributed by atoms with Crippen LogP contribution in [0.3, 0.4) is 0 Å². The van der Waals surface area contributed by atoms with Gasteiger partial charge >= 0.3 is 0 Å². The standard InChI is InChI=1S/C11H15FN2O4S2/c1-7(8-2-3-8)14-20(17,18)11-5-4-9(6-10(11)12)19(13,15)16/h4-8,14H,2-3H2,1H3,(H2,13,15,16). The average Bonchev–Trinajstić information content (AvgIpc) is 3.10. The first kappa shape index (κ1) is 15.4. The lowest BCUT2D eigenvalue weighted by Gasteiger charge is -2.14. The number of sulfonamides is 2. The van der Waals surface area contributed by atoms with E-state index in [1.165, 1.54) is 0 Å². The summed E-state index contributed by atoms with van der Waals surface area (Å²) in [5.41, 5.74) is 0. The van der Waals surface area contributed by atoms with Crippen LogP contribution >= 0.6 is 0 Å². The van der Waals surface area contributed by atoms with Crippen molar-refractivity contribution in [1.29, 1.82) is 0 Å². The van der Waals surface area contributed by atoms with Gasteiger partial charge in [-0.3, -0.25) is 0 Å². The summed E-state index contributed by atoms with van der Waals surface area (Å²) in [5.74, 6) is -0.872. The lowest BCUT2D eigenvalue weighted by molar-refractivity contribution is 0.525. The van der Waals surface area contributed by atoms with Crippen LogP contribution in [-0.4, -0.2) is 22.9 Å². The van der Waals surface area contributed by atoms with Crippen LogP contribution in [0.1, 0.15) is 19.8 Å². The van der Waals surface area contributed by atoms with Gasteiger partial charge in [-0.25, -0.2) is 31.1 Å². The number of nitrogens with two attached hydrogens (primary N) is 1. The van der Waals surface area contributed by atoms with Crippen molar-refractivity contribution in [2.45, 2.75) is 35.6 Å². The Balaban J connectivity index is 2.32. The molecular formula is C11H15FN2O4S2. The van der Waals surface area contributed by atoms with E-state index in [4.69, 9.17) is 5.14 Å². The van der Waals surface area contributed by atoms with E-state index in [1.807, 2.05) is 0 Å². The van der Waals surface area contributed by atoms with E-state index in [0.29, 0.717) is 6.07 Å². The molecule has 20 heavy (non-hydrogen) atoms. The number of nitrogens with one attached hydrogen (secondary N) is 1. The fraction of sp³-hybridized carbons (Fsp3) is 0.455. The molecule has 6 nitrogen and oxygen atoms in total. The lowest BCUT2D eigenvalue weighted by Crippen LogP contribution is -2.34. The van der Waals surface area contributed by atoms with Crippen LogP contribution in [0.4, 0.5) is 4.39 Å². The molecule has 0 amide bonds. The van der Waals surface area contributed by atoms with Gasteiger partial charge in [0.1, 0.15) is 10.7 Å². The van der Waals surface area contributed by atoms with Gasteiger partial charge in [-0.15, -0.1) is 0 Å². The summed E-state index contributed by atoms with van der Waals surface area (Å²) >= 11 is 0. The van der Waals surface area contributed by atoms with E-state index in [9.17, 15) is 21.2 Å². The molecule has 0 spiro atoms. The zero-order valence-electron chi connectivity index (χ0n) is 10.7. The van der Waals surface area contributed by atoms with Crippen molar-refractivity contribution < 1.29 is 21.2 Å². The first-order chi connectivity index (χ1) is 9.11. The highest BCUT2D eigenvalue weighted by atomic mass is 32.2. The Morgan fingerprint density at radius 1 is 1.30 bits per heavy atom. The fourth-order valence-electron chi connectivity index (χ4n) is 1.88. The minimum absolute atomic E-state index is 0.275. The van der Waals surface area contributed by atoms with Gasteiger partial charge in [0.05, 0.1) is 4.90 Å². The van der Waals surface area contributed by atoms with Gasteiger partial charge < -0.3 is 0 Å².